The Morgan fingerprint density at radius 1 is 1.35 bits per heavy atom. The molecule has 0 bridgehead atoms. The average molecular weight is 314 g/mol. The van der Waals surface area contributed by atoms with Crippen LogP contribution in [0.1, 0.15) is 25.3 Å². The van der Waals surface area contributed by atoms with Crippen molar-refractivity contribution in [2.75, 3.05) is 19.7 Å². The van der Waals surface area contributed by atoms with Gasteiger partial charge in [-0.3, -0.25) is 9.59 Å². The fourth-order valence-corrected chi connectivity index (χ4v) is 3.21. The quantitative estimate of drug-likeness (QED) is 0.882. The largest absolute Gasteiger partial charge is 0.466 e. The van der Waals surface area contributed by atoms with E-state index in [1.165, 1.54) is 0 Å². The molecule has 2 aromatic rings. The summed E-state index contributed by atoms with van der Waals surface area (Å²) >= 11 is 0. The van der Waals surface area contributed by atoms with Gasteiger partial charge in [-0.25, -0.2) is 0 Å². The first-order chi connectivity index (χ1) is 11.2. The van der Waals surface area contributed by atoms with E-state index < -0.39 is 0 Å². The standard InChI is InChI=1S/C18H22N2O3/c1-2-23-18(22)13-6-5-9-20(12-13)17(21)10-14-11-19-16-8-4-3-7-15(14)16/h3-4,7-8,11,13,19H,2,5-6,9-10,12H2,1H3. The third-order valence-electron chi connectivity index (χ3n) is 4.41. The molecular weight excluding hydrogens is 292 g/mol. The third kappa shape index (κ3) is 3.38. The highest BCUT2D eigenvalue weighted by atomic mass is 16.5. The van der Waals surface area contributed by atoms with Crippen LogP contribution in [-0.2, 0) is 20.7 Å². The van der Waals surface area contributed by atoms with Crippen molar-refractivity contribution in [3.63, 3.8) is 0 Å². The molecule has 5 heteroatoms. The van der Waals surface area contributed by atoms with Gasteiger partial charge in [0.05, 0.1) is 18.9 Å². The van der Waals surface area contributed by atoms with Crippen molar-refractivity contribution in [2.24, 2.45) is 5.92 Å². The lowest BCUT2D eigenvalue weighted by molar-refractivity contribution is -0.151. The monoisotopic (exact) mass is 314 g/mol. The van der Waals surface area contributed by atoms with Gasteiger partial charge in [0.15, 0.2) is 0 Å². The minimum absolute atomic E-state index is 0.0729. The van der Waals surface area contributed by atoms with E-state index in [0.717, 1.165) is 35.9 Å². The van der Waals surface area contributed by atoms with Crippen molar-refractivity contribution < 1.29 is 14.3 Å². The number of hydrogen-bond donors (Lipinski definition) is 1. The normalized spacial score (nSPS) is 18.1. The summed E-state index contributed by atoms with van der Waals surface area (Å²) in [6, 6.07) is 7.97. The number of para-hydroxylation sites is 1. The summed E-state index contributed by atoms with van der Waals surface area (Å²) in [5.74, 6) is -0.295. The van der Waals surface area contributed by atoms with Gasteiger partial charge >= 0.3 is 5.97 Å². The zero-order chi connectivity index (χ0) is 16.2. The van der Waals surface area contributed by atoms with Crippen LogP contribution in [-0.4, -0.2) is 41.5 Å². The molecule has 2 heterocycles. The minimum Gasteiger partial charge on any atom is -0.466 e. The molecule has 1 aromatic heterocycles. The molecule has 1 unspecified atom stereocenters. The maximum Gasteiger partial charge on any atom is 0.310 e. The molecule has 0 saturated carbocycles. The number of fused-ring (bicyclic) bond motifs is 1. The van der Waals surface area contributed by atoms with Crippen LogP contribution >= 0.6 is 0 Å². The number of H-pyrrole nitrogens is 1. The Morgan fingerprint density at radius 3 is 3.00 bits per heavy atom. The van der Waals surface area contributed by atoms with Crippen molar-refractivity contribution >= 4 is 22.8 Å². The van der Waals surface area contributed by atoms with E-state index in [1.54, 1.807) is 11.8 Å². The number of rotatable bonds is 4. The number of esters is 1. The van der Waals surface area contributed by atoms with Crippen molar-refractivity contribution in [1.29, 1.82) is 0 Å². The van der Waals surface area contributed by atoms with Gasteiger partial charge in [0.25, 0.3) is 0 Å². The van der Waals surface area contributed by atoms with Crippen molar-refractivity contribution in [3.8, 4) is 0 Å². The Hall–Kier alpha value is -2.30. The number of hydrogen-bond acceptors (Lipinski definition) is 3. The number of likely N-dealkylation sites (tertiary alicyclic amines) is 1. The number of aromatic amines is 1. The van der Waals surface area contributed by atoms with E-state index in [0.29, 0.717) is 19.6 Å². The summed E-state index contributed by atoms with van der Waals surface area (Å²) in [5, 5.41) is 1.08. The lowest BCUT2D eigenvalue weighted by Gasteiger charge is -2.31. The van der Waals surface area contributed by atoms with E-state index in [4.69, 9.17) is 4.74 Å². The predicted octanol–water partition coefficient (Wildman–Crippen LogP) is 2.51. The molecule has 3 rings (SSSR count). The molecule has 1 amide bonds. The van der Waals surface area contributed by atoms with Crippen molar-refractivity contribution in [3.05, 3.63) is 36.0 Å². The van der Waals surface area contributed by atoms with Gasteiger partial charge in [0.1, 0.15) is 0 Å². The Morgan fingerprint density at radius 2 is 2.17 bits per heavy atom. The first-order valence-corrected chi connectivity index (χ1v) is 8.18. The zero-order valence-electron chi connectivity index (χ0n) is 13.4. The number of ether oxygens (including phenoxy) is 1. The molecule has 0 aliphatic carbocycles. The first kappa shape index (κ1) is 15.6. The summed E-state index contributed by atoms with van der Waals surface area (Å²) in [6.45, 7) is 3.39. The zero-order valence-corrected chi connectivity index (χ0v) is 13.4. The number of amides is 1. The molecule has 1 aromatic carbocycles. The van der Waals surface area contributed by atoms with Crippen molar-refractivity contribution in [1.82, 2.24) is 9.88 Å². The Kier molecular flexibility index (Phi) is 4.65. The van der Waals surface area contributed by atoms with E-state index in [9.17, 15) is 9.59 Å². The van der Waals surface area contributed by atoms with Crippen LogP contribution in [0.4, 0.5) is 0 Å². The topological polar surface area (TPSA) is 62.4 Å². The van der Waals surface area contributed by atoms with E-state index in [2.05, 4.69) is 4.98 Å². The number of nitrogens with zero attached hydrogens (tertiary/aromatic N) is 1. The summed E-state index contributed by atoms with van der Waals surface area (Å²) < 4.78 is 5.09. The number of carbonyl (C=O) groups is 2. The molecule has 1 N–H and O–H groups in total. The number of carbonyl (C=O) groups excluding carboxylic acids is 2. The first-order valence-electron chi connectivity index (χ1n) is 8.18. The van der Waals surface area contributed by atoms with E-state index >= 15 is 0 Å². The van der Waals surface area contributed by atoms with Gasteiger partial charge in [-0.1, -0.05) is 18.2 Å². The number of benzene rings is 1. The molecule has 1 fully saturated rings. The lowest BCUT2D eigenvalue weighted by Crippen LogP contribution is -2.43. The molecule has 5 nitrogen and oxygen atoms in total. The Bertz CT molecular complexity index is 707. The molecule has 122 valence electrons. The maximum absolute atomic E-state index is 12.6. The van der Waals surface area contributed by atoms with Crippen LogP contribution in [0.2, 0.25) is 0 Å². The maximum atomic E-state index is 12.6. The van der Waals surface area contributed by atoms with Crippen LogP contribution in [0.3, 0.4) is 0 Å². The second-order valence-corrected chi connectivity index (χ2v) is 5.97. The summed E-state index contributed by atoms with van der Waals surface area (Å²) in [7, 11) is 0. The Labute approximate surface area is 135 Å². The van der Waals surface area contributed by atoms with Gasteiger partial charge < -0.3 is 14.6 Å². The minimum atomic E-state index is -0.185. The lowest BCUT2D eigenvalue weighted by atomic mass is 9.97. The van der Waals surface area contributed by atoms with Crippen LogP contribution in [0, 0.1) is 5.92 Å². The third-order valence-corrected chi connectivity index (χ3v) is 4.41. The van der Waals surface area contributed by atoms with Crippen LogP contribution < -0.4 is 0 Å². The highest BCUT2D eigenvalue weighted by Gasteiger charge is 2.29. The van der Waals surface area contributed by atoms with E-state index in [1.807, 2.05) is 30.5 Å². The molecule has 1 aliphatic rings. The average Bonchev–Trinajstić information content (AvgIpc) is 2.98. The van der Waals surface area contributed by atoms with Crippen LogP contribution in [0.15, 0.2) is 30.5 Å². The second kappa shape index (κ2) is 6.86. The highest BCUT2D eigenvalue weighted by molar-refractivity contribution is 5.89. The molecule has 0 spiro atoms. The van der Waals surface area contributed by atoms with E-state index in [-0.39, 0.29) is 17.8 Å². The number of aromatic nitrogens is 1. The number of piperidine rings is 1. The molecule has 1 atom stereocenters. The summed E-state index contributed by atoms with van der Waals surface area (Å²) in [5.41, 5.74) is 2.04. The van der Waals surface area contributed by atoms with Gasteiger partial charge in [0.2, 0.25) is 5.91 Å². The summed E-state index contributed by atoms with van der Waals surface area (Å²) in [6.07, 6.45) is 3.91. The molecule has 1 aliphatic heterocycles. The Balaban J connectivity index is 1.67. The van der Waals surface area contributed by atoms with Gasteiger partial charge in [0, 0.05) is 30.2 Å². The highest BCUT2D eigenvalue weighted by Crippen LogP contribution is 2.22. The predicted molar refractivity (Wildman–Crippen MR) is 87.9 cm³/mol. The SMILES string of the molecule is CCOC(=O)C1CCCN(C(=O)Cc2c[nH]c3ccccc23)C1. The smallest absolute Gasteiger partial charge is 0.310 e. The fraction of sp³-hybridized carbons (Fsp3) is 0.444. The molecular formula is C18H22N2O3. The van der Waals surface area contributed by atoms with Gasteiger partial charge in [-0.15, -0.1) is 0 Å². The van der Waals surface area contributed by atoms with Crippen LogP contribution in [0.5, 0.6) is 0 Å². The fourth-order valence-electron chi connectivity index (χ4n) is 3.21. The number of nitrogens with one attached hydrogen (secondary N) is 1. The molecule has 1 saturated heterocycles. The van der Waals surface area contributed by atoms with Gasteiger partial charge in [-0.05, 0) is 31.4 Å². The van der Waals surface area contributed by atoms with Crippen LogP contribution in [0.25, 0.3) is 10.9 Å². The molecule has 0 radical (unpaired) electrons. The second-order valence-electron chi connectivity index (χ2n) is 5.97. The molecule has 23 heavy (non-hydrogen) atoms. The van der Waals surface area contributed by atoms with Crippen molar-refractivity contribution in [2.45, 2.75) is 26.2 Å². The van der Waals surface area contributed by atoms with Gasteiger partial charge in [-0.2, -0.15) is 0 Å². The summed E-state index contributed by atoms with van der Waals surface area (Å²) in [4.78, 5) is 29.5.